The average molecular weight is 492 g/mol. The monoisotopic (exact) mass is 492 g/mol. The molecule has 0 unspecified atom stereocenters. The van der Waals surface area contributed by atoms with Gasteiger partial charge in [-0.1, -0.05) is 12.1 Å². The molecule has 186 valence electrons. The Morgan fingerprint density at radius 3 is 2.46 bits per heavy atom. The smallest absolute Gasteiger partial charge is 0.416 e. The molecule has 0 bridgehead atoms. The van der Waals surface area contributed by atoms with Crippen LogP contribution in [0.4, 0.5) is 22.4 Å². The second-order valence-electron chi connectivity index (χ2n) is 9.11. The van der Waals surface area contributed by atoms with Crippen LogP contribution in [-0.4, -0.2) is 46.2 Å². The van der Waals surface area contributed by atoms with E-state index in [1.165, 1.54) is 24.4 Å². The second kappa shape index (κ2) is 9.90. The number of nitriles is 1. The number of rotatable bonds is 4. The maximum Gasteiger partial charge on any atom is 0.416 e. The molecule has 3 rings (SSSR count). The third-order valence-electron chi connectivity index (χ3n) is 5.25. The van der Waals surface area contributed by atoms with Gasteiger partial charge in [0.15, 0.2) is 0 Å². The van der Waals surface area contributed by atoms with Crippen molar-refractivity contribution in [3.63, 3.8) is 0 Å². The predicted molar refractivity (Wildman–Crippen MR) is 117 cm³/mol. The Labute approximate surface area is 199 Å². The maximum atomic E-state index is 14.1. The van der Waals surface area contributed by atoms with Crippen molar-refractivity contribution in [2.24, 2.45) is 0 Å². The van der Waals surface area contributed by atoms with Gasteiger partial charge in [0.2, 0.25) is 5.91 Å². The number of ether oxygens (including phenoxy) is 1. The van der Waals surface area contributed by atoms with E-state index < -0.39 is 41.6 Å². The lowest BCUT2D eigenvalue weighted by Gasteiger charge is -2.27. The molecule has 7 nitrogen and oxygen atoms in total. The summed E-state index contributed by atoms with van der Waals surface area (Å²) in [4.78, 5) is 30.4. The van der Waals surface area contributed by atoms with Crippen molar-refractivity contribution in [2.75, 3.05) is 6.54 Å². The van der Waals surface area contributed by atoms with Crippen LogP contribution in [0, 0.1) is 11.3 Å². The second-order valence-corrected chi connectivity index (χ2v) is 9.11. The highest BCUT2D eigenvalue weighted by Gasteiger charge is 2.41. The number of carbonyl (C=O) groups excluding carboxylic acids is 2. The number of benzene rings is 1. The zero-order valence-electron chi connectivity index (χ0n) is 19.3. The number of amides is 2. The minimum Gasteiger partial charge on any atom is -0.444 e. The number of hydrogen-bond donors (Lipinski definition) is 1. The summed E-state index contributed by atoms with van der Waals surface area (Å²) in [5, 5.41) is 12.0. The molecule has 1 aliphatic rings. The number of hydrogen-bond acceptors (Lipinski definition) is 5. The van der Waals surface area contributed by atoms with Gasteiger partial charge in [-0.2, -0.15) is 18.4 Å². The van der Waals surface area contributed by atoms with Crippen molar-refractivity contribution in [3.8, 4) is 17.3 Å². The summed E-state index contributed by atoms with van der Waals surface area (Å²) in [6.07, 6.45) is -5.60. The first-order chi connectivity index (χ1) is 16.3. The predicted octanol–water partition coefficient (Wildman–Crippen LogP) is 4.60. The van der Waals surface area contributed by atoms with Crippen LogP contribution in [0.25, 0.3) is 11.3 Å². The van der Waals surface area contributed by atoms with Crippen molar-refractivity contribution in [2.45, 2.75) is 57.7 Å². The van der Waals surface area contributed by atoms with Crippen LogP contribution in [0.2, 0.25) is 0 Å². The molecule has 0 radical (unpaired) electrons. The van der Waals surface area contributed by atoms with E-state index in [-0.39, 0.29) is 25.1 Å². The molecule has 11 heteroatoms. The van der Waals surface area contributed by atoms with Crippen LogP contribution < -0.4 is 5.32 Å². The van der Waals surface area contributed by atoms with Gasteiger partial charge in [0.05, 0.1) is 23.4 Å². The fourth-order valence-corrected chi connectivity index (χ4v) is 3.59. The van der Waals surface area contributed by atoms with Gasteiger partial charge in [-0.3, -0.25) is 14.7 Å². The number of pyridine rings is 1. The Balaban J connectivity index is 1.75. The molecule has 0 aliphatic carbocycles. The van der Waals surface area contributed by atoms with E-state index in [4.69, 9.17) is 4.74 Å². The lowest BCUT2D eigenvalue weighted by molar-refractivity contribution is -0.137. The normalized spacial score (nSPS) is 18.2. The van der Waals surface area contributed by atoms with E-state index in [2.05, 4.69) is 10.3 Å². The highest BCUT2D eigenvalue weighted by atomic mass is 19.4. The first-order valence-electron chi connectivity index (χ1n) is 10.8. The molecule has 1 aromatic carbocycles. The van der Waals surface area contributed by atoms with E-state index in [0.717, 1.165) is 17.0 Å². The third kappa shape index (κ3) is 6.47. The van der Waals surface area contributed by atoms with Crippen LogP contribution in [0.3, 0.4) is 0 Å². The summed E-state index contributed by atoms with van der Waals surface area (Å²) in [5.41, 5.74) is -0.409. The summed E-state index contributed by atoms with van der Waals surface area (Å²) in [6, 6.07) is 6.73. The number of alkyl halides is 4. The van der Waals surface area contributed by atoms with Crippen molar-refractivity contribution < 1.29 is 31.9 Å². The third-order valence-corrected chi connectivity index (χ3v) is 5.25. The first kappa shape index (κ1) is 25.9. The highest BCUT2D eigenvalue weighted by molar-refractivity contribution is 5.86. The zero-order valence-corrected chi connectivity index (χ0v) is 19.3. The molecule has 0 spiro atoms. The van der Waals surface area contributed by atoms with Crippen molar-refractivity contribution >= 4 is 12.0 Å². The largest absolute Gasteiger partial charge is 0.444 e. The van der Waals surface area contributed by atoms with Gasteiger partial charge < -0.3 is 10.1 Å². The Morgan fingerprint density at radius 1 is 1.23 bits per heavy atom. The van der Waals surface area contributed by atoms with E-state index in [1.54, 1.807) is 20.8 Å². The molecule has 1 aliphatic heterocycles. The number of nitrogens with one attached hydrogen (secondary N) is 1. The van der Waals surface area contributed by atoms with E-state index in [0.29, 0.717) is 16.8 Å². The van der Waals surface area contributed by atoms with Gasteiger partial charge in [0.25, 0.3) is 0 Å². The van der Waals surface area contributed by atoms with Crippen molar-refractivity contribution in [1.29, 1.82) is 5.26 Å². The number of carbonyl (C=O) groups is 2. The summed E-state index contributed by atoms with van der Waals surface area (Å²) in [5.74, 6) is -0.618. The fraction of sp³-hybridized carbons (Fsp3) is 0.417. The lowest BCUT2D eigenvalue weighted by atomic mass is 10.0. The topological polar surface area (TPSA) is 95.3 Å². The van der Waals surface area contributed by atoms with E-state index in [1.807, 2.05) is 6.07 Å². The molecule has 2 heterocycles. The standard InChI is InChI=1S/C24H24F4N4O3/c1-23(2,3)35-22(34)32-13-18(25)9-20(32)21(33)31-11-15-8-19(30-12-16(15)10-29)14-4-6-17(7-5-14)24(26,27)28/h4-8,12,18,20H,9,11,13H2,1-3H3,(H,31,33)/t18-,20+/m1/s1. The zero-order chi connectivity index (χ0) is 26.0. The minimum atomic E-state index is -4.47. The van der Waals surface area contributed by atoms with Gasteiger partial charge in [-0.15, -0.1) is 0 Å². The molecule has 1 aromatic heterocycles. The summed E-state index contributed by atoms with van der Waals surface area (Å²) in [7, 11) is 0. The van der Waals surface area contributed by atoms with Crippen LogP contribution >= 0.6 is 0 Å². The molecule has 2 amide bonds. The van der Waals surface area contributed by atoms with Gasteiger partial charge >= 0.3 is 12.3 Å². The van der Waals surface area contributed by atoms with Crippen molar-refractivity contribution in [3.05, 3.63) is 53.2 Å². The average Bonchev–Trinajstić information content (AvgIpc) is 3.17. The summed E-state index contributed by atoms with van der Waals surface area (Å²) in [6.45, 7) is 4.56. The number of aromatic nitrogens is 1. The van der Waals surface area contributed by atoms with Crippen LogP contribution in [-0.2, 0) is 22.3 Å². The first-order valence-corrected chi connectivity index (χ1v) is 10.8. The number of nitrogens with zero attached hydrogens (tertiary/aromatic N) is 3. The van der Waals surface area contributed by atoms with Gasteiger partial charge in [0, 0.05) is 24.7 Å². The molecule has 2 aromatic rings. The number of likely N-dealkylation sites (tertiary alicyclic amines) is 1. The molecular weight excluding hydrogens is 468 g/mol. The molecule has 2 atom stereocenters. The van der Waals surface area contributed by atoms with Gasteiger partial charge in [-0.05, 0) is 44.5 Å². The highest BCUT2D eigenvalue weighted by Crippen LogP contribution is 2.31. The fourth-order valence-electron chi connectivity index (χ4n) is 3.59. The van der Waals surface area contributed by atoms with Gasteiger partial charge in [-0.25, -0.2) is 9.18 Å². The summed E-state index contributed by atoms with van der Waals surface area (Å²) < 4.78 is 57.8. The Kier molecular flexibility index (Phi) is 7.33. The molecule has 1 saturated heterocycles. The van der Waals surface area contributed by atoms with Gasteiger partial charge in [0.1, 0.15) is 23.9 Å². The number of halogens is 4. The van der Waals surface area contributed by atoms with Crippen molar-refractivity contribution in [1.82, 2.24) is 15.2 Å². The van der Waals surface area contributed by atoms with Crippen LogP contribution in [0.5, 0.6) is 0 Å². The summed E-state index contributed by atoms with van der Waals surface area (Å²) >= 11 is 0. The molecule has 1 fully saturated rings. The minimum absolute atomic E-state index is 0.131. The molecular formula is C24H24F4N4O3. The molecule has 1 N–H and O–H groups in total. The Bertz CT molecular complexity index is 1140. The quantitative estimate of drug-likeness (QED) is 0.630. The lowest BCUT2D eigenvalue weighted by Crippen LogP contribution is -2.47. The van der Waals surface area contributed by atoms with E-state index >= 15 is 0 Å². The molecule has 0 saturated carbocycles. The maximum absolute atomic E-state index is 14.1. The van der Waals surface area contributed by atoms with Crippen LogP contribution in [0.1, 0.15) is 43.9 Å². The van der Waals surface area contributed by atoms with Crippen LogP contribution in [0.15, 0.2) is 36.5 Å². The SMILES string of the molecule is CC(C)(C)OC(=O)N1C[C@H](F)C[C@H]1C(=O)NCc1cc(-c2ccc(C(F)(F)F)cc2)ncc1C#N. The Hall–Kier alpha value is -3.68. The molecule has 35 heavy (non-hydrogen) atoms. The Morgan fingerprint density at radius 2 is 1.89 bits per heavy atom. The van der Waals surface area contributed by atoms with E-state index in [9.17, 15) is 32.4 Å².